The van der Waals surface area contributed by atoms with Crippen molar-refractivity contribution in [3.05, 3.63) is 84.7 Å². The first-order chi connectivity index (χ1) is 21.6. The Morgan fingerprint density at radius 1 is 0.935 bits per heavy atom. The normalized spacial score (nSPS) is 22.5. The average molecular weight is 669 g/mol. The van der Waals surface area contributed by atoms with Gasteiger partial charge in [0.25, 0.3) is 0 Å². The van der Waals surface area contributed by atoms with E-state index >= 15 is 0 Å². The summed E-state index contributed by atoms with van der Waals surface area (Å²) in [5.41, 5.74) is -1.24. The molecular formula is C31H30F6N4O4S. The zero-order valence-electron chi connectivity index (χ0n) is 24.2. The number of amides is 2. The maximum Gasteiger partial charge on any atom is 0.471 e. The Morgan fingerprint density at radius 3 is 2.28 bits per heavy atom. The maximum atomic E-state index is 13.9. The monoisotopic (exact) mass is 668 g/mol. The first kappa shape index (κ1) is 33.2. The van der Waals surface area contributed by atoms with Gasteiger partial charge < -0.3 is 10.2 Å². The van der Waals surface area contributed by atoms with Gasteiger partial charge in [-0.15, -0.1) is 0 Å². The van der Waals surface area contributed by atoms with Crippen molar-refractivity contribution in [2.24, 2.45) is 5.92 Å². The second kappa shape index (κ2) is 12.9. The third kappa shape index (κ3) is 7.29. The highest BCUT2D eigenvalue weighted by Crippen LogP contribution is 2.39. The molecule has 1 saturated carbocycles. The summed E-state index contributed by atoms with van der Waals surface area (Å²) < 4.78 is 109. The molecule has 0 spiro atoms. The third-order valence-corrected chi connectivity index (χ3v) is 10.2. The molecule has 1 N–H and O–H groups in total. The Hall–Kier alpha value is -4.14. The molecule has 46 heavy (non-hydrogen) atoms. The third-order valence-electron chi connectivity index (χ3n) is 8.37. The van der Waals surface area contributed by atoms with Crippen molar-refractivity contribution in [3.8, 4) is 0 Å². The van der Waals surface area contributed by atoms with E-state index in [1.165, 1.54) is 17.0 Å². The van der Waals surface area contributed by atoms with Gasteiger partial charge in [-0.25, -0.2) is 8.42 Å². The fraction of sp³-hybridized carbons (Fsp3) is 0.387. The molecule has 15 heteroatoms. The summed E-state index contributed by atoms with van der Waals surface area (Å²) in [5.74, 6) is -4.37. The van der Waals surface area contributed by atoms with Crippen LogP contribution in [0.5, 0.6) is 0 Å². The summed E-state index contributed by atoms with van der Waals surface area (Å²) in [6.07, 6.45) is -6.41. The Labute approximate surface area is 261 Å². The van der Waals surface area contributed by atoms with E-state index in [-0.39, 0.29) is 34.6 Å². The number of benzene rings is 2. The fourth-order valence-electron chi connectivity index (χ4n) is 6.32. The van der Waals surface area contributed by atoms with Gasteiger partial charge in [-0.3, -0.25) is 19.5 Å². The van der Waals surface area contributed by atoms with Crippen LogP contribution in [0, 0.1) is 5.92 Å². The zero-order valence-corrected chi connectivity index (χ0v) is 25.0. The van der Waals surface area contributed by atoms with Crippen molar-refractivity contribution in [1.29, 1.82) is 0 Å². The summed E-state index contributed by atoms with van der Waals surface area (Å²) in [4.78, 5) is 31.9. The molecule has 1 aliphatic carbocycles. The van der Waals surface area contributed by atoms with Crippen LogP contribution in [0.3, 0.4) is 0 Å². The molecule has 8 nitrogen and oxygen atoms in total. The number of nitrogens with zero attached hydrogens (tertiary/aromatic N) is 3. The van der Waals surface area contributed by atoms with E-state index in [0.29, 0.717) is 31.4 Å². The SMILES string of the molecule is O=C1C(N(C(=O)C(F)(F)F)c2cccc(C(F)(F)F)c2)CCN1[C@H]1CC[C@@H](Nc2ccncc2)C[C@@H]1CS(=O)(=O)c1ccccc1. The Bertz CT molecular complexity index is 1650. The number of sulfone groups is 1. The number of halogens is 6. The molecule has 2 amide bonds. The van der Waals surface area contributed by atoms with Crippen LogP contribution in [-0.4, -0.2) is 66.7 Å². The van der Waals surface area contributed by atoms with Crippen molar-refractivity contribution in [1.82, 2.24) is 9.88 Å². The topological polar surface area (TPSA) is 99.7 Å². The molecule has 2 heterocycles. The number of hydrogen-bond donors (Lipinski definition) is 1. The van der Waals surface area contributed by atoms with Crippen LogP contribution in [0.25, 0.3) is 0 Å². The average Bonchev–Trinajstić information content (AvgIpc) is 3.37. The van der Waals surface area contributed by atoms with Crippen molar-refractivity contribution in [2.45, 2.75) is 61.1 Å². The number of pyridine rings is 1. The number of anilines is 2. The number of aromatic nitrogens is 1. The van der Waals surface area contributed by atoms with Crippen molar-refractivity contribution in [3.63, 3.8) is 0 Å². The Kier molecular flexibility index (Phi) is 9.34. The van der Waals surface area contributed by atoms with E-state index in [0.717, 1.165) is 17.8 Å². The van der Waals surface area contributed by atoms with Gasteiger partial charge in [0.1, 0.15) is 6.04 Å². The molecule has 1 unspecified atom stereocenters. The number of carbonyl (C=O) groups excluding carboxylic acids is 2. The van der Waals surface area contributed by atoms with E-state index in [2.05, 4.69) is 10.3 Å². The summed E-state index contributed by atoms with van der Waals surface area (Å²) in [6, 6.07) is 11.4. The van der Waals surface area contributed by atoms with Crippen LogP contribution in [0.2, 0.25) is 0 Å². The number of hydrogen-bond acceptors (Lipinski definition) is 6. The lowest BCUT2D eigenvalue weighted by atomic mass is 9.81. The van der Waals surface area contributed by atoms with Gasteiger partial charge in [0.05, 0.1) is 16.2 Å². The Morgan fingerprint density at radius 2 is 1.63 bits per heavy atom. The van der Waals surface area contributed by atoms with Crippen molar-refractivity contribution >= 4 is 33.0 Å². The van der Waals surface area contributed by atoms with E-state index < -0.39 is 63.3 Å². The van der Waals surface area contributed by atoms with Crippen molar-refractivity contribution in [2.75, 3.05) is 22.5 Å². The van der Waals surface area contributed by atoms with E-state index in [9.17, 15) is 44.3 Å². The molecular weight excluding hydrogens is 638 g/mol. The molecule has 1 aromatic heterocycles. The molecule has 1 saturated heterocycles. The highest BCUT2D eigenvalue weighted by atomic mass is 32.2. The number of alkyl halides is 6. The number of rotatable bonds is 8. The molecule has 0 radical (unpaired) electrons. The van der Waals surface area contributed by atoms with Gasteiger partial charge in [0.2, 0.25) is 5.91 Å². The van der Waals surface area contributed by atoms with Crippen LogP contribution in [-0.2, 0) is 25.6 Å². The summed E-state index contributed by atoms with van der Waals surface area (Å²) in [6.45, 7) is -0.112. The molecule has 246 valence electrons. The highest BCUT2D eigenvalue weighted by molar-refractivity contribution is 7.91. The summed E-state index contributed by atoms with van der Waals surface area (Å²) in [5, 5.41) is 3.35. The van der Waals surface area contributed by atoms with Crippen LogP contribution in [0.1, 0.15) is 31.2 Å². The lowest BCUT2D eigenvalue weighted by Crippen LogP contribution is -2.54. The molecule has 0 bridgehead atoms. The first-order valence-electron chi connectivity index (χ1n) is 14.5. The van der Waals surface area contributed by atoms with E-state index in [4.69, 9.17) is 0 Å². The van der Waals surface area contributed by atoms with Crippen LogP contribution in [0.15, 0.2) is 84.0 Å². The van der Waals surface area contributed by atoms with E-state index in [1.54, 1.807) is 42.7 Å². The molecule has 3 aromatic rings. The number of likely N-dealkylation sites (tertiary alicyclic amines) is 1. The largest absolute Gasteiger partial charge is 0.471 e. The molecule has 1 aliphatic heterocycles. The van der Waals surface area contributed by atoms with Gasteiger partial charge in [-0.2, -0.15) is 26.3 Å². The molecule has 2 aromatic carbocycles. The summed E-state index contributed by atoms with van der Waals surface area (Å²) >= 11 is 0. The quantitative estimate of drug-likeness (QED) is 0.309. The van der Waals surface area contributed by atoms with Crippen LogP contribution in [0.4, 0.5) is 37.7 Å². The molecule has 2 aliphatic rings. The lowest BCUT2D eigenvalue weighted by molar-refractivity contribution is -0.171. The Balaban J connectivity index is 1.45. The smallest absolute Gasteiger partial charge is 0.382 e. The van der Waals surface area contributed by atoms with Crippen molar-refractivity contribution < 1.29 is 44.3 Å². The second-order valence-electron chi connectivity index (χ2n) is 11.4. The standard InChI is InChI=1S/C31H30F6N4O4S/c32-30(33,34)21-5-4-6-24(18-21)41(29(43)31(35,36)37)27-13-16-40(28(27)42)26-10-9-23(39-22-11-14-38-15-12-22)17-20(26)19-46(44,45)25-7-2-1-3-8-25/h1-8,11-12,14-15,18,20,23,26-27H,9-10,13,16-17,19H2,(H,38,39)/t20-,23-,26+,27?/m1/s1. The van der Waals surface area contributed by atoms with Gasteiger partial charge in [0, 0.05) is 42.4 Å². The predicted octanol–water partition coefficient (Wildman–Crippen LogP) is 5.72. The maximum absolute atomic E-state index is 13.9. The lowest BCUT2D eigenvalue weighted by Gasteiger charge is -2.41. The summed E-state index contributed by atoms with van der Waals surface area (Å²) in [7, 11) is -3.86. The van der Waals surface area contributed by atoms with Gasteiger partial charge in [0.15, 0.2) is 9.84 Å². The number of carbonyl (C=O) groups is 2. The minimum absolute atomic E-state index is 0.0788. The molecule has 4 atom stereocenters. The highest BCUT2D eigenvalue weighted by Gasteiger charge is 2.51. The van der Waals surface area contributed by atoms with Gasteiger partial charge >= 0.3 is 18.3 Å². The fourth-order valence-corrected chi connectivity index (χ4v) is 8.01. The first-order valence-corrected chi connectivity index (χ1v) is 16.1. The van der Waals surface area contributed by atoms with Gasteiger partial charge in [-0.05, 0) is 74.1 Å². The second-order valence-corrected chi connectivity index (χ2v) is 13.4. The minimum atomic E-state index is -5.48. The van der Waals surface area contributed by atoms with E-state index in [1.807, 2.05) is 0 Å². The van der Waals surface area contributed by atoms with Gasteiger partial charge in [-0.1, -0.05) is 24.3 Å². The van der Waals surface area contributed by atoms with Crippen LogP contribution >= 0.6 is 0 Å². The molecule has 5 rings (SSSR count). The minimum Gasteiger partial charge on any atom is -0.382 e. The van der Waals surface area contributed by atoms with Crippen LogP contribution < -0.4 is 10.2 Å². The number of nitrogens with one attached hydrogen (secondary N) is 1. The molecule has 2 fully saturated rings. The zero-order chi connectivity index (χ0) is 33.3. The predicted molar refractivity (Wildman–Crippen MR) is 156 cm³/mol.